The molecule has 1 aromatic carbocycles. The molecule has 23 heavy (non-hydrogen) atoms. The van der Waals surface area contributed by atoms with Crippen LogP contribution in [0.5, 0.6) is 0 Å². The van der Waals surface area contributed by atoms with Gasteiger partial charge in [0.1, 0.15) is 18.7 Å². The van der Waals surface area contributed by atoms with E-state index in [-0.39, 0.29) is 6.79 Å². The van der Waals surface area contributed by atoms with Crippen LogP contribution in [-0.2, 0) is 27.6 Å². The number of benzene rings is 1. The predicted octanol–water partition coefficient (Wildman–Crippen LogP) is 2.61. The number of nitrogens with zero attached hydrogens (tertiary/aromatic N) is 3. The molecule has 1 fully saturated rings. The van der Waals surface area contributed by atoms with Crippen molar-refractivity contribution in [2.45, 2.75) is 25.1 Å². The Morgan fingerprint density at radius 2 is 1.83 bits per heavy atom. The van der Waals surface area contributed by atoms with Crippen LogP contribution in [0.15, 0.2) is 30.6 Å². The highest BCUT2D eigenvalue weighted by molar-refractivity contribution is 5.26. The van der Waals surface area contributed by atoms with Gasteiger partial charge in [-0.05, 0) is 24.6 Å². The van der Waals surface area contributed by atoms with Crippen LogP contribution in [0.25, 0.3) is 0 Å². The minimum Gasteiger partial charge on any atom is -0.353 e. The number of halogens is 3. The molecule has 0 radical (unpaired) electrons. The molecule has 3 rings (SSSR count). The van der Waals surface area contributed by atoms with Crippen molar-refractivity contribution in [1.82, 2.24) is 14.8 Å². The summed E-state index contributed by atoms with van der Waals surface area (Å²) in [5, 5.41) is 4.40. The summed E-state index contributed by atoms with van der Waals surface area (Å²) in [5.74, 6) is 0.538. The number of hydrogen-bond acceptors (Lipinski definition) is 4. The molecule has 5 nitrogen and oxygen atoms in total. The highest BCUT2D eigenvalue weighted by Gasteiger charge is 2.32. The Kier molecular flexibility index (Phi) is 4.11. The molecule has 0 saturated carbocycles. The van der Waals surface area contributed by atoms with E-state index < -0.39 is 17.3 Å². The third kappa shape index (κ3) is 3.53. The molecule has 124 valence electrons. The predicted molar refractivity (Wildman–Crippen MR) is 74.7 cm³/mol. The van der Waals surface area contributed by atoms with Gasteiger partial charge in [0, 0.05) is 6.42 Å². The largest absolute Gasteiger partial charge is 0.416 e. The first-order valence-electron chi connectivity index (χ1n) is 7.09. The van der Waals surface area contributed by atoms with Gasteiger partial charge in [-0.3, -0.25) is 0 Å². The van der Waals surface area contributed by atoms with Crippen LogP contribution in [0.2, 0.25) is 0 Å². The summed E-state index contributed by atoms with van der Waals surface area (Å²) in [6, 6.07) is 5.02. The molecule has 0 N–H and O–H groups in total. The van der Waals surface area contributed by atoms with Gasteiger partial charge < -0.3 is 9.47 Å². The van der Waals surface area contributed by atoms with Gasteiger partial charge in [-0.25, -0.2) is 9.67 Å². The van der Waals surface area contributed by atoms with E-state index in [1.807, 2.05) is 6.92 Å². The molecule has 0 atom stereocenters. The molecule has 1 aromatic heterocycles. The second kappa shape index (κ2) is 5.93. The van der Waals surface area contributed by atoms with Crippen molar-refractivity contribution in [3.05, 3.63) is 47.5 Å². The molecule has 0 bridgehead atoms. The van der Waals surface area contributed by atoms with E-state index >= 15 is 0 Å². The molecule has 2 heterocycles. The minimum atomic E-state index is -4.33. The monoisotopic (exact) mass is 327 g/mol. The lowest BCUT2D eigenvalue weighted by atomic mass is 10.1. The molecule has 1 saturated heterocycles. The molecular weight excluding hydrogens is 311 g/mol. The molecule has 0 unspecified atom stereocenters. The maximum absolute atomic E-state index is 12.5. The van der Waals surface area contributed by atoms with Crippen molar-refractivity contribution in [2.75, 3.05) is 20.0 Å². The van der Waals surface area contributed by atoms with Crippen LogP contribution < -0.4 is 0 Å². The van der Waals surface area contributed by atoms with E-state index in [1.165, 1.54) is 12.1 Å². The van der Waals surface area contributed by atoms with Gasteiger partial charge in [-0.1, -0.05) is 12.1 Å². The van der Waals surface area contributed by atoms with E-state index in [0.29, 0.717) is 25.5 Å². The zero-order valence-electron chi connectivity index (χ0n) is 12.5. The van der Waals surface area contributed by atoms with E-state index in [0.717, 1.165) is 17.7 Å². The highest BCUT2D eigenvalue weighted by atomic mass is 19.4. The molecule has 2 aromatic rings. The molecular formula is C15H16F3N3O2. The molecule has 1 aliphatic rings. The first kappa shape index (κ1) is 15.9. The maximum Gasteiger partial charge on any atom is 0.416 e. The SMILES string of the molecule is CC1(n2cnc(Cc3ccc(C(F)(F)F)cc3)n2)COCOC1. The smallest absolute Gasteiger partial charge is 0.353 e. The maximum atomic E-state index is 12.5. The Bertz CT molecular complexity index is 661. The van der Waals surface area contributed by atoms with Crippen LogP contribution >= 0.6 is 0 Å². The number of rotatable bonds is 3. The molecule has 0 aliphatic carbocycles. The van der Waals surface area contributed by atoms with Crippen molar-refractivity contribution in [3.8, 4) is 0 Å². The van der Waals surface area contributed by atoms with Crippen molar-refractivity contribution in [3.63, 3.8) is 0 Å². The Hall–Kier alpha value is -1.93. The number of hydrogen-bond donors (Lipinski definition) is 0. The van der Waals surface area contributed by atoms with E-state index in [1.54, 1.807) is 11.0 Å². The molecule has 8 heteroatoms. The van der Waals surface area contributed by atoms with Crippen LogP contribution in [0.4, 0.5) is 13.2 Å². The second-order valence-corrected chi connectivity index (χ2v) is 5.79. The summed E-state index contributed by atoms with van der Waals surface area (Å²) in [6.45, 7) is 3.15. The Labute approximate surface area is 131 Å². The summed E-state index contributed by atoms with van der Waals surface area (Å²) in [7, 11) is 0. The summed E-state index contributed by atoms with van der Waals surface area (Å²) in [6.07, 6.45) is -2.37. The van der Waals surface area contributed by atoms with Crippen molar-refractivity contribution < 1.29 is 22.6 Å². The molecule has 1 aliphatic heterocycles. The minimum absolute atomic E-state index is 0.267. The van der Waals surface area contributed by atoms with Crippen LogP contribution in [0.1, 0.15) is 23.9 Å². The van der Waals surface area contributed by atoms with E-state index in [9.17, 15) is 13.2 Å². The Morgan fingerprint density at radius 3 is 2.43 bits per heavy atom. The number of alkyl halides is 3. The fourth-order valence-corrected chi connectivity index (χ4v) is 2.39. The first-order chi connectivity index (χ1) is 10.9. The fourth-order valence-electron chi connectivity index (χ4n) is 2.39. The number of ether oxygens (including phenoxy) is 2. The standard InChI is InChI=1S/C15H16F3N3O2/c1-14(7-22-10-23-8-14)21-9-19-13(20-21)6-11-2-4-12(5-3-11)15(16,17)18/h2-5,9H,6-8,10H2,1H3. The lowest BCUT2D eigenvalue weighted by molar-refractivity contribution is -0.155. The Balaban J connectivity index is 1.72. The Morgan fingerprint density at radius 1 is 1.17 bits per heavy atom. The molecule has 0 spiro atoms. The average molecular weight is 327 g/mol. The summed E-state index contributed by atoms with van der Waals surface area (Å²) >= 11 is 0. The summed E-state index contributed by atoms with van der Waals surface area (Å²) in [5.41, 5.74) is -0.371. The average Bonchev–Trinajstić information content (AvgIpc) is 2.97. The highest BCUT2D eigenvalue weighted by Crippen LogP contribution is 2.29. The fraction of sp³-hybridized carbons (Fsp3) is 0.467. The van der Waals surface area contributed by atoms with Crippen molar-refractivity contribution in [1.29, 1.82) is 0 Å². The van der Waals surface area contributed by atoms with E-state index in [4.69, 9.17) is 9.47 Å². The quantitative estimate of drug-likeness (QED) is 0.869. The normalized spacial score (nSPS) is 18.1. The van der Waals surface area contributed by atoms with Gasteiger partial charge in [0.15, 0.2) is 5.82 Å². The van der Waals surface area contributed by atoms with Gasteiger partial charge in [-0.2, -0.15) is 18.3 Å². The zero-order valence-corrected chi connectivity index (χ0v) is 12.5. The summed E-state index contributed by atoms with van der Waals surface area (Å²) in [4.78, 5) is 4.22. The van der Waals surface area contributed by atoms with E-state index in [2.05, 4.69) is 10.1 Å². The first-order valence-corrected chi connectivity index (χ1v) is 7.09. The lowest BCUT2D eigenvalue weighted by Gasteiger charge is -2.32. The summed E-state index contributed by atoms with van der Waals surface area (Å²) < 4.78 is 49.9. The van der Waals surface area contributed by atoms with Gasteiger partial charge in [-0.15, -0.1) is 0 Å². The van der Waals surface area contributed by atoms with Crippen LogP contribution in [0, 0.1) is 0 Å². The van der Waals surface area contributed by atoms with Gasteiger partial charge >= 0.3 is 6.18 Å². The lowest BCUT2D eigenvalue weighted by Crippen LogP contribution is -2.44. The topological polar surface area (TPSA) is 49.2 Å². The number of aromatic nitrogens is 3. The van der Waals surface area contributed by atoms with Crippen molar-refractivity contribution >= 4 is 0 Å². The van der Waals surface area contributed by atoms with Gasteiger partial charge in [0.05, 0.1) is 18.8 Å². The van der Waals surface area contributed by atoms with Crippen LogP contribution in [0.3, 0.4) is 0 Å². The van der Waals surface area contributed by atoms with Gasteiger partial charge in [0.2, 0.25) is 0 Å². The third-order valence-corrected chi connectivity index (χ3v) is 3.73. The zero-order chi connectivity index (χ0) is 16.5. The van der Waals surface area contributed by atoms with Crippen LogP contribution in [-0.4, -0.2) is 34.8 Å². The molecule has 0 amide bonds. The van der Waals surface area contributed by atoms with Gasteiger partial charge in [0.25, 0.3) is 0 Å². The van der Waals surface area contributed by atoms with Crippen molar-refractivity contribution in [2.24, 2.45) is 0 Å². The third-order valence-electron chi connectivity index (χ3n) is 3.73. The second-order valence-electron chi connectivity index (χ2n) is 5.79.